The molecule has 2 saturated heterocycles. The van der Waals surface area contributed by atoms with Crippen LogP contribution in [0.3, 0.4) is 0 Å². The van der Waals surface area contributed by atoms with E-state index in [9.17, 15) is 0 Å². The van der Waals surface area contributed by atoms with Crippen molar-refractivity contribution in [1.29, 1.82) is 0 Å². The van der Waals surface area contributed by atoms with Crippen LogP contribution in [0.25, 0.3) is 0 Å². The van der Waals surface area contributed by atoms with Crippen LogP contribution in [-0.4, -0.2) is 13.1 Å². The lowest BCUT2D eigenvalue weighted by Gasteiger charge is -2.54. The summed E-state index contributed by atoms with van der Waals surface area (Å²) in [6, 6.07) is 0. The number of hydrogen-bond acceptors (Lipinski definition) is 1. The van der Waals surface area contributed by atoms with Gasteiger partial charge in [0.15, 0.2) is 0 Å². The molecule has 3 fully saturated rings. The van der Waals surface area contributed by atoms with Gasteiger partial charge in [0.05, 0.1) is 0 Å². The minimum absolute atomic E-state index is 0.630. The molecule has 2 unspecified atom stereocenters. The fourth-order valence-corrected chi connectivity index (χ4v) is 4.73. The van der Waals surface area contributed by atoms with Crippen molar-refractivity contribution in [2.24, 2.45) is 29.1 Å². The molecule has 0 amide bonds. The molecular weight excluding hydrogens is 194 g/mol. The Balaban J connectivity index is 2.28. The van der Waals surface area contributed by atoms with Gasteiger partial charge in [0.1, 0.15) is 0 Å². The second-order valence-electron chi connectivity index (χ2n) is 6.76. The predicted molar refractivity (Wildman–Crippen MR) is 70.4 cm³/mol. The Morgan fingerprint density at radius 1 is 1.00 bits per heavy atom. The van der Waals surface area contributed by atoms with E-state index in [4.69, 9.17) is 0 Å². The zero-order chi connectivity index (χ0) is 11.8. The van der Waals surface area contributed by atoms with Crippen molar-refractivity contribution in [3.63, 3.8) is 0 Å². The Labute approximate surface area is 101 Å². The summed E-state index contributed by atoms with van der Waals surface area (Å²) in [4.78, 5) is 0. The lowest BCUT2D eigenvalue weighted by molar-refractivity contribution is -0.0428. The van der Waals surface area contributed by atoms with Crippen LogP contribution in [0.2, 0.25) is 0 Å². The first-order chi connectivity index (χ1) is 7.57. The summed E-state index contributed by atoms with van der Waals surface area (Å²) in [5.41, 5.74) is 0.630. The summed E-state index contributed by atoms with van der Waals surface area (Å²) in [5, 5.41) is 3.63. The average Bonchev–Trinajstić information content (AvgIpc) is 2.17. The molecule has 2 bridgehead atoms. The Morgan fingerprint density at radius 2 is 1.69 bits per heavy atom. The summed E-state index contributed by atoms with van der Waals surface area (Å²) in [5.74, 6) is 3.61. The first-order valence-corrected chi connectivity index (χ1v) is 7.28. The van der Waals surface area contributed by atoms with Gasteiger partial charge in [-0.2, -0.15) is 0 Å². The van der Waals surface area contributed by atoms with Crippen molar-refractivity contribution < 1.29 is 0 Å². The molecule has 1 N–H and O–H groups in total. The first-order valence-electron chi connectivity index (χ1n) is 7.28. The van der Waals surface area contributed by atoms with Gasteiger partial charge in [-0.3, -0.25) is 0 Å². The van der Waals surface area contributed by atoms with E-state index in [0.29, 0.717) is 5.41 Å². The molecule has 0 spiro atoms. The monoisotopic (exact) mass is 223 g/mol. The Bertz CT molecular complexity index is 220. The van der Waals surface area contributed by atoms with Gasteiger partial charge >= 0.3 is 0 Å². The summed E-state index contributed by atoms with van der Waals surface area (Å²) in [7, 11) is 0. The van der Waals surface area contributed by atoms with Gasteiger partial charge in [-0.05, 0) is 67.9 Å². The fraction of sp³-hybridized carbons (Fsp3) is 1.00. The van der Waals surface area contributed by atoms with Gasteiger partial charge in [-0.15, -0.1) is 0 Å². The molecule has 1 nitrogen and oxygen atoms in total. The number of rotatable bonds is 2. The highest BCUT2D eigenvalue weighted by Gasteiger charge is 2.48. The Morgan fingerprint density at radius 3 is 2.31 bits per heavy atom. The molecule has 94 valence electrons. The van der Waals surface area contributed by atoms with E-state index in [2.05, 4.69) is 33.0 Å². The maximum Gasteiger partial charge on any atom is -0.00203 e. The SMILES string of the molecule is CC(C)C1(C(C)C)CC2CCC1CCNC2. The van der Waals surface area contributed by atoms with Crippen LogP contribution in [0.1, 0.15) is 53.4 Å². The highest BCUT2D eigenvalue weighted by atomic mass is 14.9. The molecule has 2 aliphatic heterocycles. The van der Waals surface area contributed by atoms with E-state index in [1.54, 1.807) is 0 Å². The highest BCUT2D eigenvalue weighted by molar-refractivity contribution is 4.98. The molecular formula is C15H29N. The molecule has 2 heterocycles. The summed E-state index contributed by atoms with van der Waals surface area (Å²) < 4.78 is 0. The second kappa shape index (κ2) is 4.68. The molecule has 1 saturated carbocycles. The topological polar surface area (TPSA) is 12.0 Å². The van der Waals surface area contributed by atoms with Crippen LogP contribution in [0.15, 0.2) is 0 Å². The molecule has 1 aliphatic carbocycles. The minimum atomic E-state index is 0.630. The van der Waals surface area contributed by atoms with Crippen LogP contribution >= 0.6 is 0 Å². The van der Waals surface area contributed by atoms with Crippen LogP contribution in [-0.2, 0) is 0 Å². The molecule has 0 aromatic rings. The summed E-state index contributed by atoms with van der Waals surface area (Å²) in [6.07, 6.45) is 5.84. The van der Waals surface area contributed by atoms with E-state index in [-0.39, 0.29) is 0 Å². The minimum Gasteiger partial charge on any atom is -0.316 e. The Hall–Kier alpha value is -0.0400. The van der Waals surface area contributed by atoms with Crippen molar-refractivity contribution in [2.45, 2.75) is 53.4 Å². The predicted octanol–water partition coefficient (Wildman–Crippen LogP) is 3.69. The molecule has 0 aromatic heterocycles. The molecule has 16 heavy (non-hydrogen) atoms. The van der Waals surface area contributed by atoms with Gasteiger partial charge in [0, 0.05) is 0 Å². The molecule has 3 rings (SSSR count). The maximum absolute atomic E-state index is 3.63. The number of hydrogen-bond donors (Lipinski definition) is 1. The van der Waals surface area contributed by atoms with E-state index in [1.807, 2.05) is 0 Å². The molecule has 1 heteroatoms. The van der Waals surface area contributed by atoms with Crippen LogP contribution in [0.4, 0.5) is 0 Å². The van der Waals surface area contributed by atoms with Crippen LogP contribution in [0, 0.1) is 29.1 Å². The van der Waals surface area contributed by atoms with Gasteiger partial charge in [-0.25, -0.2) is 0 Å². The molecule has 0 aromatic carbocycles. The van der Waals surface area contributed by atoms with E-state index in [0.717, 1.165) is 23.7 Å². The lowest BCUT2D eigenvalue weighted by atomic mass is 9.52. The Kier molecular flexibility index (Phi) is 3.63. The standard InChI is InChI=1S/C15H29N/c1-11(2)15(12(3)4)9-13-5-6-14(15)7-8-16-10-13/h11-14,16H,5-10H2,1-4H3. The van der Waals surface area contributed by atoms with Crippen LogP contribution in [0.5, 0.6) is 0 Å². The third kappa shape index (κ3) is 1.92. The van der Waals surface area contributed by atoms with Crippen molar-refractivity contribution in [3.05, 3.63) is 0 Å². The van der Waals surface area contributed by atoms with E-state index < -0.39 is 0 Å². The zero-order valence-corrected chi connectivity index (χ0v) is 11.6. The van der Waals surface area contributed by atoms with Crippen molar-refractivity contribution >= 4 is 0 Å². The molecule has 0 radical (unpaired) electrons. The van der Waals surface area contributed by atoms with Crippen molar-refractivity contribution in [3.8, 4) is 0 Å². The average molecular weight is 223 g/mol. The summed E-state index contributed by atoms with van der Waals surface area (Å²) in [6.45, 7) is 12.4. The van der Waals surface area contributed by atoms with Crippen molar-refractivity contribution in [1.82, 2.24) is 5.32 Å². The quantitative estimate of drug-likeness (QED) is 0.753. The second-order valence-corrected chi connectivity index (χ2v) is 6.76. The third-order valence-electron chi connectivity index (χ3n) is 5.58. The number of fused-ring (bicyclic) bond motifs is 5. The largest absolute Gasteiger partial charge is 0.316 e. The normalized spacial score (nSPS) is 34.1. The van der Waals surface area contributed by atoms with E-state index in [1.165, 1.54) is 38.8 Å². The highest BCUT2D eigenvalue weighted by Crippen LogP contribution is 2.55. The van der Waals surface area contributed by atoms with Gasteiger partial charge < -0.3 is 5.32 Å². The molecule has 3 aliphatic rings. The van der Waals surface area contributed by atoms with Gasteiger partial charge in [0.2, 0.25) is 0 Å². The summed E-state index contributed by atoms with van der Waals surface area (Å²) >= 11 is 0. The third-order valence-corrected chi connectivity index (χ3v) is 5.58. The zero-order valence-electron chi connectivity index (χ0n) is 11.6. The van der Waals surface area contributed by atoms with Crippen LogP contribution < -0.4 is 5.32 Å². The number of nitrogens with one attached hydrogen (secondary N) is 1. The van der Waals surface area contributed by atoms with Crippen molar-refractivity contribution in [2.75, 3.05) is 13.1 Å². The first kappa shape index (κ1) is 12.4. The molecule has 2 atom stereocenters. The smallest absolute Gasteiger partial charge is 0.00203 e. The fourth-order valence-electron chi connectivity index (χ4n) is 4.73. The van der Waals surface area contributed by atoms with E-state index >= 15 is 0 Å². The van der Waals surface area contributed by atoms with Gasteiger partial charge in [-0.1, -0.05) is 27.7 Å². The maximum atomic E-state index is 3.63. The lowest BCUT2D eigenvalue weighted by Crippen LogP contribution is -2.49. The van der Waals surface area contributed by atoms with Gasteiger partial charge in [0.25, 0.3) is 0 Å².